The van der Waals surface area contributed by atoms with Crippen LogP contribution in [0.2, 0.25) is 0 Å². The third kappa shape index (κ3) is 2.11. The normalized spacial score (nSPS) is 16.9. The van der Waals surface area contributed by atoms with Gasteiger partial charge < -0.3 is 4.90 Å². The Morgan fingerprint density at radius 3 is 2.31 bits per heavy atom. The highest BCUT2D eigenvalue weighted by Crippen LogP contribution is 2.48. The SMILES string of the molecule is CC(=O)N(C)CC1(c2ccc(C)cc2)CC1. The van der Waals surface area contributed by atoms with E-state index in [0.717, 1.165) is 6.54 Å². The third-order valence-corrected chi connectivity index (χ3v) is 3.59. The van der Waals surface area contributed by atoms with E-state index in [0.29, 0.717) is 0 Å². The Labute approximate surface area is 97.3 Å². The summed E-state index contributed by atoms with van der Waals surface area (Å²) in [7, 11) is 1.89. The molecule has 1 aromatic carbocycles. The third-order valence-electron chi connectivity index (χ3n) is 3.59. The first-order valence-corrected chi connectivity index (χ1v) is 5.82. The second kappa shape index (κ2) is 3.93. The molecule has 1 amide bonds. The van der Waals surface area contributed by atoms with Crippen molar-refractivity contribution >= 4 is 5.91 Å². The molecule has 0 bridgehead atoms. The van der Waals surface area contributed by atoms with Gasteiger partial charge in [0.1, 0.15) is 0 Å². The zero-order chi connectivity index (χ0) is 11.8. The number of rotatable bonds is 3. The summed E-state index contributed by atoms with van der Waals surface area (Å²) < 4.78 is 0. The lowest BCUT2D eigenvalue weighted by Gasteiger charge is -2.23. The number of amides is 1. The molecule has 1 saturated carbocycles. The van der Waals surface area contributed by atoms with Gasteiger partial charge in [0, 0.05) is 25.9 Å². The fraction of sp³-hybridized carbons (Fsp3) is 0.500. The van der Waals surface area contributed by atoms with Gasteiger partial charge in [0.2, 0.25) is 5.91 Å². The topological polar surface area (TPSA) is 20.3 Å². The molecule has 0 aromatic heterocycles. The number of hydrogen-bond acceptors (Lipinski definition) is 1. The molecule has 16 heavy (non-hydrogen) atoms. The van der Waals surface area contributed by atoms with Crippen molar-refractivity contribution in [2.75, 3.05) is 13.6 Å². The second-order valence-corrected chi connectivity index (χ2v) is 5.02. The Morgan fingerprint density at radius 2 is 1.88 bits per heavy atom. The van der Waals surface area contributed by atoms with E-state index < -0.39 is 0 Å². The van der Waals surface area contributed by atoms with E-state index in [2.05, 4.69) is 31.2 Å². The Hall–Kier alpha value is -1.31. The van der Waals surface area contributed by atoms with E-state index in [1.807, 2.05) is 11.9 Å². The van der Waals surface area contributed by atoms with Crippen LogP contribution in [-0.2, 0) is 10.2 Å². The van der Waals surface area contributed by atoms with Gasteiger partial charge in [0.25, 0.3) is 0 Å². The van der Waals surface area contributed by atoms with Crippen molar-refractivity contribution in [2.24, 2.45) is 0 Å². The van der Waals surface area contributed by atoms with Crippen LogP contribution in [-0.4, -0.2) is 24.4 Å². The van der Waals surface area contributed by atoms with Crippen LogP contribution in [0.1, 0.15) is 30.9 Å². The highest BCUT2D eigenvalue weighted by Gasteiger charge is 2.45. The van der Waals surface area contributed by atoms with Crippen LogP contribution < -0.4 is 0 Å². The van der Waals surface area contributed by atoms with Crippen molar-refractivity contribution in [3.63, 3.8) is 0 Å². The molecular weight excluding hydrogens is 198 g/mol. The smallest absolute Gasteiger partial charge is 0.219 e. The molecule has 1 aliphatic rings. The standard InChI is InChI=1S/C14H19NO/c1-11-4-6-13(7-5-11)14(8-9-14)10-15(3)12(2)16/h4-7H,8-10H2,1-3H3. The van der Waals surface area contributed by atoms with Crippen molar-refractivity contribution in [3.05, 3.63) is 35.4 Å². The van der Waals surface area contributed by atoms with Gasteiger partial charge in [-0.15, -0.1) is 0 Å². The maximum atomic E-state index is 11.3. The maximum Gasteiger partial charge on any atom is 0.219 e. The molecule has 0 saturated heterocycles. The molecule has 0 heterocycles. The predicted molar refractivity (Wildman–Crippen MR) is 65.4 cm³/mol. The average molecular weight is 217 g/mol. The Balaban J connectivity index is 2.14. The van der Waals surface area contributed by atoms with Gasteiger partial charge in [0.15, 0.2) is 0 Å². The summed E-state index contributed by atoms with van der Waals surface area (Å²) in [5, 5.41) is 0. The molecule has 2 rings (SSSR count). The molecule has 0 unspecified atom stereocenters. The molecular formula is C14H19NO. The van der Waals surface area contributed by atoms with Crippen LogP contribution in [0.15, 0.2) is 24.3 Å². The van der Waals surface area contributed by atoms with E-state index in [1.165, 1.54) is 24.0 Å². The van der Waals surface area contributed by atoms with Crippen molar-refractivity contribution < 1.29 is 4.79 Å². The van der Waals surface area contributed by atoms with E-state index in [9.17, 15) is 4.79 Å². The van der Waals surface area contributed by atoms with Crippen LogP contribution in [0.4, 0.5) is 0 Å². The van der Waals surface area contributed by atoms with Gasteiger partial charge in [-0.3, -0.25) is 4.79 Å². The molecule has 1 aliphatic carbocycles. The van der Waals surface area contributed by atoms with Crippen LogP contribution in [0.25, 0.3) is 0 Å². The molecule has 1 aromatic rings. The zero-order valence-corrected chi connectivity index (χ0v) is 10.3. The largest absolute Gasteiger partial charge is 0.345 e. The lowest BCUT2D eigenvalue weighted by atomic mass is 9.94. The molecule has 0 radical (unpaired) electrons. The fourth-order valence-electron chi connectivity index (χ4n) is 2.16. The van der Waals surface area contributed by atoms with Crippen molar-refractivity contribution in [3.8, 4) is 0 Å². The van der Waals surface area contributed by atoms with Crippen molar-refractivity contribution in [1.29, 1.82) is 0 Å². The summed E-state index contributed by atoms with van der Waals surface area (Å²) in [5.41, 5.74) is 2.92. The van der Waals surface area contributed by atoms with Gasteiger partial charge in [-0.05, 0) is 25.3 Å². The Morgan fingerprint density at radius 1 is 1.31 bits per heavy atom. The zero-order valence-electron chi connectivity index (χ0n) is 10.3. The Bertz CT molecular complexity index is 390. The van der Waals surface area contributed by atoms with Crippen LogP contribution in [0.5, 0.6) is 0 Å². The average Bonchev–Trinajstić information content (AvgIpc) is 2.99. The van der Waals surface area contributed by atoms with Gasteiger partial charge in [-0.1, -0.05) is 29.8 Å². The summed E-state index contributed by atoms with van der Waals surface area (Å²) in [5.74, 6) is 0.151. The number of carbonyl (C=O) groups is 1. The fourth-order valence-corrected chi connectivity index (χ4v) is 2.16. The van der Waals surface area contributed by atoms with Crippen molar-refractivity contribution in [2.45, 2.75) is 32.1 Å². The first-order chi connectivity index (χ1) is 7.53. The molecule has 0 N–H and O–H groups in total. The molecule has 2 heteroatoms. The van der Waals surface area contributed by atoms with Crippen LogP contribution in [0.3, 0.4) is 0 Å². The quantitative estimate of drug-likeness (QED) is 0.761. The summed E-state index contributed by atoms with van der Waals surface area (Å²) >= 11 is 0. The van der Waals surface area contributed by atoms with Crippen LogP contribution in [0, 0.1) is 6.92 Å². The minimum Gasteiger partial charge on any atom is -0.345 e. The van der Waals surface area contributed by atoms with Gasteiger partial charge in [-0.2, -0.15) is 0 Å². The number of hydrogen-bond donors (Lipinski definition) is 0. The predicted octanol–water partition coefficient (Wildman–Crippen LogP) is 2.50. The van der Waals surface area contributed by atoms with E-state index in [-0.39, 0.29) is 11.3 Å². The highest BCUT2D eigenvalue weighted by molar-refractivity contribution is 5.73. The molecule has 86 valence electrons. The molecule has 2 nitrogen and oxygen atoms in total. The summed E-state index contributed by atoms with van der Waals surface area (Å²) in [6.45, 7) is 4.58. The number of likely N-dealkylation sites (N-methyl/N-ethyl adjacent to an activating group) is 1. The summed E-state index contributed by atoms with van der Waals surface area (Å²) in [6.07, 6.45) is 2.40. The molecule has 1 fully saturated rings. The summed E-state index contributed by atoms with van der Waals surface area (Å²) in [4.78, 5) is 13.1. The van der Waals surface area contributed by atoms with Gasteiger partial charge in [0.05, 0.1) is 0 Å². The number of carbonyl (C=O) groups excluding carboxylic acids is 1. The lowest BCUT2D eigenvalue weighted by Crippen LogP contribution is -2.32. The monoisotopic (exact) mass is 217 g/mol. The first kappa shape index (κ1) is 11.2. The first-order valence-electron chi connectivity index (χ1n) is 5.82. The van der Waals surface area contributed by atoms with Gasteiger partial charge in [-0.25, -0.2) is 0 Å². The van der Waals surface area contributed by atoms with Gasteiger partial charge >= 0.3 is 0 Å². The maximum absolute atomic E-state index is 11.3. The molecule has 0 spiro atoms. The summed E-state index contributed by atoms with van der Waals surface area (Å²) in [6, 6.07) is 8.72. The minimum absolute atomic E-state index is 0.151. The molecule has 0 aliphatic heterocycles. The van der Waals surface area contributed by atoms with E-state index in [4.69, 9.17) is 0 Å². The molecule has 0 atom stereocenters. The number of aryl methyl sites for hydroxylation is 1. The van der Waals surface area contributed by atoms with Crippen molar-refractivity contribution in [1.82, 2.24) is 4.90 Å². The van der Waals surface area contributed by atoms with E-state index >= 15 is 0 Å². The number of benzene rings is 1. The second-order valence-electron chi connectivity index (χ2n) is 5.02. The van der Waals surface area contributed by atoms with E-state index in [1.54, 1.807) is 6.92 Å². The van der Waals surface area contributed by atoms with Crippen LogP contribution >= 0.6 is 0 Å². The number of nitrogens with zero attached hydrogens (tertiary/aromatic N) is 1. The minimum atomic E-state index is 0.151. The highest BCUT2D eigenvalue weighted by atomic mass is 16.2. The Kier molecular flexibility index (Phi) is 2.75. The lowest BCUT2D eigenvalue weighted by molar-refractivity contribution is -0.127.